The van der Waals surface area contributed by atoms with Gasteiger partial charge in [-0.1, -0.05) is 33.8 Å². The minimum absolute atomic E-state index is 0.836. The predicted octanol–water partition coefficient (Wildman–Crippen LogP) is 3.65. The highest BCUT2D eigenvalue weighted by Gasteiger charge is 2.00. The van der Waals surface area contributed by atoms with Gasteiger partial charge in [-0.3, -0.25) is 0 Å². The van der Waals surface area contributed by atoms with Crippen molar-refractivity contribution < 1.29 is 0 Å². The van der Waals surface area contributed by atoms with Crippen molar-refractivity contribution >= 4 is 0 Å². The lowest BCUT2D eigenvalue weighted by molar-refractivity contribution is 0.313. The lowest BCUT2D eigenvalue weighted by atomic mass is 10.1. The lowest BCUT2D eigenvalue weighted by Crippen LogP contribution is -2.24. The van der Waals surface area contributed by atoms with E-state index in [1.165, 1.54) is 44.5 Å². The zero-order valence-corrected chi connectivity index (χ0v) is 12.4. The van der Waals surface area contributed by atoms with Crippen LogP contribution in [0, 0.1) is 5.92 Å². The van der Waals surface area contributed by atoms with Crippen LogP contribution < -0.4 is 5.32 Å². The van der Waals surface area contributed by atoms with E-state index in [1.54, 1.807) is 0 Å². The van der Waals surface area contributed by atoms with Crippen LogP contribution in [0.4, 0.5) is 0 Å². The number of hydrogen-bond donors (Lipinski definition) is 1. The topological polar surface area (TPSA) is 15.3 Å². The second-order valence-electron chi connectivity index (χ2n) is 5.47. The third kappa shape index (κ3) is 11.8. The molecular weight excluding hydrogens is 208 g/mol. The number of nitrogens with zero attached hydrogens (tertiary/aromatic N) is 1. The first-order valence-electron chi connectivity index (χ1n) is 7.16. The van der Waals surface area contributed by atoms with E-state index in [-0.39, 0.29) is 0 Å². The molecule has 0 aliphatic heterocycles. The van der Waals surface area contributed by atoms with Gasteiger partial charge in [0.2, 0.25) is 0 Å². The molecule has 0 unspecified atom stereocenters. The molecule has 0 radical (unpaired) electrons. The number of hydrogen-bond acceptors (Lipinski definition) is 2. The molecule has 2 heteroatoms. The van der Waals surface area contributed by atoms with Crippen LogP contribution in [0.15, 0.2) is 12.3 Å². The summed E-state index contributed by atoms with van der Waals surface area (Å²) in [7, 11) is 2.22. The first-order chi connectivity index (χ1) is 8.06. The van der Waals surface area contributed by atoms with Crippen molar-refractivity contribution in [1.29, 1.82) is 0 Å². The second-order valence-corrected chi connectivity index (χ2v) is 5.47. The monoisotopic (exact) mass is 240 g/mol. The third-order valence-electron chi connectivity index (χ3n) is 2.96. The molecule has 0 amide bonds. The maximum Gasteiger partial charge on any atom is 0.0155 e. The van der Waals surface area contributed by atoms with Gasteiger partial charge in [-0.05, 0) is 51.7 Å². The van der Waals surface area contributed by atoms with Crippen LogP contribution in [0.2, 0.25) is 0 Å². The summed E-state index contributed by atoms with van der Waals surface area (Å²) in [6, 6.07) is 0. The maximum atomic E-state index is 4.01. The molecule has 1 N–H and O–H groups in total. The molecule has 0 aromatic rings. The van der Waals surface area contributed by atoms with Crippen molar-refractivity contribution in [3.63, 3.8) is 0 Å². The fourth-order valence-corrected chi connectivity index (χ4v) is 1.89. The Morgan fingerprint density at radius 1 is 1.24 bits per heavy atom. The van der Waals surface area contributed by atoms with Gasteiger partial charge in [0.25, 0.3) is 0 Å². The van der Waals surface area contributed by atoms with E-state index in [9.17, 15) is 0 Å². The first-order valence-corrected chi connectivity index (χ1v) is 7.16. The molecule has 0 atom stereocenters. The molecule has 17 heavy (non-hydrogen) atoms. The molecule has 102 valence electrons. The largest absolute Gasteiger partial charge is 0.389 e. The van der Waals surface area contributed by atoms with E-state index in [0.717, 1.165) is 18.9 Å². The number of allylic oxidation sites excluding steroid dienone is 1. The fourth-order valence-electron chi connectivity index (χ4n) is 1.89. The standard InChI is InChI=1S/C15H32N2/c1-6-9-15(4)16-11-8-13-17(5)12-7-10-14(2)3/h14,16H,4,6-13H2,1-3,5H3. The van der Waals surface area contributed by atoms with Gasteiger partial charge >= 0.3 is 0 Å². The molecule has 0 aliphatic carbocycles. The highest BCUT2D eigenvalue weighted by molar-refractivity contribution is 4.89. The third-order valence-corrected chi connectivity index (χ3v) is 2.96. The van der Waals surface area contributed by atoms with E-state index in [0.29, 0.717) is 0 Å². The summed E-state index contributed by atoms with van der Waals surface area (Å²) in [6.45, 7) is 14.3. The van der Waals surface area contributed by atoms with Crippen LogP contribution in [-0.4, -0.2) is 31.6 Å². The Morgan fingerprint density at radius 3 is 2.47 bits per heavy atom. The molecule has 0 aromatic carbocycles. The molecule has 0 saturated heterocycles. The first kappa shape index (κ1) is 16.5. The zero-order chi connectivity index (χ0) is 13.1. The van der Waals surface area contributed by atoms with E-state index >= 15 is 0 Å². The molecule has 0 aliphatic rings. The Kier molecular flexibility index (Phi) is 10.3. The maximum absolute atomic E-state index is 4.01. The Balaban J connectivity index is 3.32. The molecule has 0 fully saturated rings. The van der Waals surface area contributed by atoms with Crippen LogP contribution in [0.1, 0.15) is 52.9 Å². The Bertz CT molecular complexity index is 187. The van der Waals surface area contributed by atoms with Crippen molar-refractivity contribution in [3.8, 4) is 0 Å². The molecule has 0 heterocycles. The minimum atomic E-state index is 0.836. The van der Waals surface area contributed by atoms with Gasteiger partial charge in [0.15, 0.2) is 0 Å². The highest BCUT2D eigenvalue weighted by Crippen LogP contribution is 2.04. The summed E-state index contributed by atoms with van der Waals surface area (Å²) >= 11 is 0. The van der Waals surface area contributed by atoms with Crippen LogP contribution in [-0.2, 0) is 0 Å². The second kappa shape index (κ2) is 10.6. The molecule has 2 nitrogen and oxygen atoms in total. The predicted molar refractivity (Wildman–Crippen MR) is 78.2 cm³/mol. The summed E-state index contributed by atoms with van der Waals surface area (Å²) in [4.78, 5) is 2.44. The zero-order valence-electron chi connectivity index (χ0n) is 12.4. The summed E-state index contributed by atoms with van der Waals surface area (Å²) in [6.07, 6.45) is 6.16. The van der Waals surface area contributed by atoms with Crippen molar-refractivity contribution in [2.24, 2.45) is 5.92 Å². The van der Waals surface area contributed by atoms with Gasteiger partial charge in [-0.15, -0.1) is 0 Å². The van der Waals surface area contributed by atoms with Crippen molar-refractivity contribution in [3.05, 3.63) is 12.3 Å². The van der Waals surface area contributed by atoms with Crippen molar-refractivity contribution in [2.75, 3.05) is 26.7 Å². The minimum Gasteiger partial charge on any atom is -0.389 e. The van der Waals surface area contributed by atoms with Crippen LogP contribution >= 0.6 is 0 Å². The van der Waals surface area contributed by atoms with Crippen LogP contribution in [0.25, 0.3) is 0 Å². The van der Waals surface area contributed by atoms with Gasteiger partial charge < -0.3 is 10.2 Å². The smallest absolute Gasteiger partial charge is 0.0155 e. The Hall–Kier alpha value is -0.500. The summed E-state index contributed by atoms with van der Waals surface area (Å²) in [5.74, 6) is 0.836. The molecular formula is C15H32N2. The average Bonchev–Trinajstić information content (AvgIpc) is 2.24. The molecule has 0 bridgehead atoms. The molecule has 0 spiro atoms. The van der Waals surface area contributed by atoms with Gasteiger partial charge in [-0.2, -0.15) is 0 Å². The van der Waals surface area contributed by atoms with Gasteiger partial charge in [0.1, 0.15) is 0 Å². The van der Waals surface area contributed by atoms with Gasteiger partial charge in [-0.25, -0.2) is 0 Å². The highest BCUT2D eigenvalue weighted by atomic mass is 15.1. The number of nitrogens with one attached hydrogen (secondary N) is 1. The molecule has 0 saturated carbocycles. The summed E-state index contributed by atoms with van der Waals surface area (Å²) < 4.78 is 0. The fraction of sp³-hybridized carbons (Fsp3) is 0.867. The van der Waals surface area contributed by atoms with Gasteiger partial charge in [0, 0.05) is 12.2 Å². The van der Waals surface area contributed by atoms with Crippen molar-refractivity contribution in [1.82, 2.24) is 10.2 Å². The Labute approximate surface area is 108 Å². The summed E-state index contributed by atoms with van der Waals surface area (Å²) in [5.41, 5.74) is 1.19. The van der Waals surface area contributed by atoms with Crippen LogP contribution in [0.5, 0.6) is 0 Å². The van der Waals surface area contributed by atoms with Gasteiger partial charge in [0.05, 0.1) is 0 Å². The molecule has 0 aromatic heterocycles. The summed E-state index contributed by atoms with van der Waals surface area (Å²) in [5, 5.41) is 3.39. The molecule has 0 rings (SSSR count). The Morgan fingerprint density at radius 2 is 1.88 bits per heavy atom. The van der Waals surface area contributed by atoms with Crippen molar-refractivity contribution in [2.45, 2.75) is 52.9 Å². The SMILES string of the molecule is C=C(CCC)NCCCN(C)CCCC(C)C. The lowest BCUT2D eigenvalue weighted by Gasteiger charge is -2.17. The normalized spacial score (nSPS) is 11.2. The van der Waals surface area contributed by atoms with Crippen LogP contribution in [0.3, 0.4) is 0 Å². The van der Waals surface area contributed by atoms with E-state index in [1.807, 2.05) is 0 Å². The van der Waals surface area contributed by atoms with E-state index in [4.69, 9.17) is 0 Å². The quantitative estimate of drug-likeness (QED) is 0.555. The number of rotatable bonds is 11. The average molecular weight is 240 g/mol. The van der Waals surface area contributed by atoms with E-state index in [2.05, 4.69) is 44.6 Å². The van der Waals surface area contributed by atoms with E-state index < -0.39 is 0 Å².